The van der Waals surface area contributed by atoms with Crippen LogP contribution in [0.3, 0.4) is 0 Å². The third-order valence-electron chi connectivity index (χ3n) is 4.75. The van der Waals surface area contributed by atoms with Crippen LogP contribution in [0.2, 0.25) is 0 Å². The lowest BCUT2D eigenvalue weighted by molar-refractivity contribution is 0.102. The highest BCUT2D eigenvalue weighted by Gasteiger charge is 2.19. The molecule has 3 heterocycles. The number of fused-ring (bicyclic) bond motifs is 1. The number of carbonyl (C=O) groups excluding carboxylic acids is 1. The first-order valence-electron chi connectivity index (χ1n) is 8.72. The summed E-state index contributed by atoms with van der Waals surface area (Å²) in [5, 5.41) is 13.5. The van der Waals surface area contributed by atoms with Gasteiger partial charge < -0.3 is 15.3 Å². The van der Waals surface area contributed by atoms with E-state index in [0.717, 1.165) is 42.6 Å². The Morgan fingerprint density at radius 2 is 2.00 bits per heavy atom. The van der Waals surface area contributed by atoms with Crippen molar-refractivity contribution >= 4 is 28.2 Å². The van der Waals surface area contributed by atoms with Gasteiger partial charge in [0.2, 0.25) is 5.88 Å². The minimum atomic E-state index is -0.177. The largest absolute Gasteiger partial charge is 0.493 e. The molecule has 1 aliphatic heterocycles. The van der Waals surface area contributed by atoms with Crippen LogP contribution in [0.1, 0.15) is 28.8 Å². The number of aromatic hydroxyl groups is 1. The van der Waals surface area contributed by atoms with E-state index in [2.05, 4.69) is 20.2 Å². The first-order chi connectivity index (χ1) is 12.6. The molecule has 3 aromatic rings. The van der Waals surface area contributed by atoms with E-state index in [1.54, 1.807) is 30.6 Å². The van der Waals surface area contributed by atoms with Crippen molar-refractivity contribution in [3.8, 4) is 5.88 Å². The Morgan fingerprint density at radius 1 is 1.19 bits per heavy atom. The van der Waals surface area contributed by atoms with Gasteiger partial charge in [0.15, 0.2) is 0 Å². The average molecular weight is 348 g/mol. The van der Waals surface area contributed by atoms with Gasteiger partial charge in [-0.2, -0.15) is 0 Å². The van der Waals surface area contributed by atoms with E-state index in [-0.39, 0.29) is 11.8 Å². The number of benzene rings is 1. The smallest absolute Gasteiger partial charge is 0.259 e. The number of anilines is 2. The standard InChI is InChI=1S/C20H20N4O2/c1-13-10-19(25)23-17-5-4-14(11-15(13)17)22-20(26)16-12-21-7-6-18(16)24-8-2-3-9-24/h4-7,10-12H,2-3,8-9H2,1H3,(H,22,26)(H,23,25). The zero-order chi connectivity index (χ0) is 18.1. The second-order valence-corrected chi connectivity index (χ2v) is 6.57. The minimum Gasteiger partial charge on any atom is -0.493 e. The van der Waals surface area contributed by atoms with Gasteiger partial charge in [-0.1, -0.05) is 0 Å². The summed E-state index contributed by atoms with van der Waals surface area (Å²) in [6.45, 7) is 3.84. The predicted octanol–water partition coefficient (Wildman–Crippen LogP) is 3.50. The number of amides is 1. The fourth-order valence-electron chi connectivity index (χ4n) is 3.45. The van der Waals surface area contributed by atoms with E-state index >= 15 is 0 Å². The second-order valence-electron chi connectivity index (χ2n) is 6.57. The van der Waals surface area contributed by atoms with Crippen LogP contribution in [0.15, 0.2) is 42.7 Å². The predicted molar refractivity (Wildman–Crippen MR) is 102 cm³/mol. The van der Waals surface area contributed by atoms with Crippen molar-refractivity contribution in [3.05, 3.63) is 53.9 Å². The van der Waals surface area contributed by atoms with Crippen LogP contribution in [0.5, 0.6) is 5.88 Å². The Bertz CT molecular complexity index is 981. The van der Waals surface area contributed by atoms with Crippen molar-refractivity contribution in [1.29, 1.82) is 0 Å². The van der Waals surface area contributed by atoms with E-state index in [1.807, 2.05) is 19.1 Å². The summed E-state index contributed by atoms with van der Waals surface area (Å²) in [7, 11) is 0. The quantitative estimate of drug-likeness (QED) is 0.757. The molecule has 0 radical (unpaired) electrons. The van der Waals surface area contributed by atoms with Crippen molar-refractivity contribution in [1.82, 2.24) is 9.97 Å². The van der Waals surface area contributed by atoms with Gasteiger partial charge in [0.1, 0.15) is 0 Å². The number of carbonyl (C=O) groups is 1. The van der Waals surface area contributed by atoms with Crippen molar-refractivity contribution in [3.63, 3.8) is 0 Å². The van der Waals surface area contributed by atoms with Gasteiger partial charge in [-0.25, -0.2) is 4.98 Å². The van der Waals surface area contributed by atoms with Crippen LogP contribution in [0.25, 0.3) is 10.9 Å². The second kappa shape index (κ2) is 6.63. The Morgan fingerprint density at radius 3 is 2.81 bits per heavy atom. The molecule has 0 atom stereocenters. The number of pyridine rings is 2. The van der Waals surface area contributed by atoms with Crippen LogP contribution in [-0.2, 0) is 0 Å². The minimum absolute atomic E-state index is 0.00241. The molecule has 1 aliphatic rings. The van der Waals surface area contributed by atoms with Gasteiger partial charge in [-0.05, 0) is 49.6 Å². The van der Waals surface area contributed by atoms with Gasteiger partial charge in [0.05, 0.1) is 16.8 Å². The highest BCUT2D eigenvalue weighted by atomic mass is 16.3. The van der Waals surface area contributed by atoms with Gasteiger partial charge >= 0.3 is 0 Å². The fraction of sp³-hybridized carbons (Fsp3) is 0.250. The molecule has 6 nitrogen and oxygen atoms in total. The summed E-state index contributed by atoms with van der Waals surface area (Å²) < 4.78 is 0. The maximum atomic E-state index is 12.8. The monoisotopic (exact) mass is 348 g/mol. The lowest BCUT2D eigenvalue weighted by atomic mass is 10.1. The van der Waals surface area contributed by atoms with E-state index in [9.17, 15) is 9.90 Å². The molecule has 4 rings (SSSR count). The number of aromatic nitrogens is 2. The van der Waals surface area contributed by atoms with E-state index in [4.69, 9.17) is 0 Å². The normalized spacial score (nSPS) is 14.0. The Kier molecular flexibility index (Phi) is 4.16. The van der Waals surface area contributed by atoms with E-state index in [1.165, 1.54) is 0 Å². The van der Waals surface area contributed by atoms with Gasteiger partial charge in [-0.3, -0.25) is 9.78 Å². The molecule has 0 unspecified atom stereocenters. The van der Waals surface area contributed by atoms with Gasteiger partial charge in [0, 0.05) is 42.6 Å². The zero-order valence-electron chi connectivity index (χ0n) is 14.6. The Balaban J connectivity index is 1.64. The highest BCUT2D eigenvalue weighted by Crippen LogP contribution is 2.27. The van der Waals surface area contributed by atoms with Crippen LogP contribution in [0.4, 0.5) is 11.4 Å². The maximum absolute atomic E-state index is 12.8. The van der Waals surface area contributed by atoms with Crippen LogP contribution >= 0.6 is 0 Å². The van der Waals surface area contributed by atoms with E-state index in [0.29, 0.717) is 16.8 Å². The van der Waals surface area contributed by atoms with Crippen molar-refractivity contribution in [2.45, 2.75) is 19.8 Å². The summed E-state index contributed by atoms with van der Waals surface area (Å²) in [4.78, 5) is 23.3. The third-order valence-corrected chi connectivity index (χ3v) is 4.75. The average Bonchev–Trinajstić information content (AvgIpc) is 3.17. The van der Waals surface area contributed by atoms with Crippen molar-refractivity contribution in [2.24, 2.45) is 0 Å². The van der Waals surface area contributed by atoms with Crippen LogP contribution < -0.4 is 10.2 Å². The molecule has 132 valence electrons. The number of nitrogens with one attached hydrogen (secondary N) is 1. The molecule has 1 saturated heterocycles. The Labute approximate surface area is 151 Å². The molecule has 26 heavy (non-hydrogen) atoms. The number of rotatable bonds is 3. The first kappa shape index (κ1) is 16.3. The summed E-state index contributed by atoms with van der Waals surface area (Å²) >= 11 is 0. The number of hydrogen-bond acceptors (Lipinski definition) is 5. The van der Waals surface area contributed by atoms with Gasteiger partial charge in [0.25, 0.3) is 5.91 Å². The summed E-state index contributed by atoms with van der Waals surface area (Å²) in [5.41, 5.74) is 3.80. The maximum Gasteiger partial charge on any atom is 0.259 e. The molecule has 0 spiro atoms. The molecule has 2 N–H and O–H groups in total. The number of hydrogen-bond donors (Lipinski definition) is 2. The fourth-order valence-corrected chi connectivity index (χ4v) is 3.45. The third kappa shape index (κ3) is 3.06. The summed E-state index contributed by atoms with van der Waals surface area (Å²) in [6.07, 6.45) is 5.64. The molecule has 1 aromatic carbocycles. The SMILES string of the molecule is Cc1cc(O)nc2ccc(NC(=O)c3cnccc3N3CCCC3)cc12. The van der Waals surface area contributed by atoms with Crippen LogP contribution in [0, 0.1) is 6.92 Å². The number of aryl methyl sites for hydroxylation is 1. The van der Waals surface area contributed by atoms with Crippen molar-refractivity contribution < 1.29 is 9.90 Å². The highest BCUT2D eigenvalue weighted by molar-refractivity contribution is 6.08. The first-order valence-corrected chi connectivity index (χ1v) is 8.72. The summed E-state index contributed by atoms with van der Waals surface area (Å²) in [5.74, 6) is -0.179. The summed E-state index contributed by atoms with van der Waals surface area (Å²) in [6, 6.07) is 8.97. The Hall–Kier alpha value is -3.15. The number of nitrogens with zero attached hydrogens (tertiary/aromatic N) is 3. The zero-order valence-corrected chi connectivity index (χ0v) is 14.6. The molecule has 0 saturated carbocycles. The molecular weight excluding hydrogens is 328 g/mol. The molecule has 2 aromatic heterocycles. The molecule has 1 amide bonds. The van der Waals surface area contributed by atoms with Crippen molar-refractivity contribution in [2.75, 3.05) is 23.3 Å². The lowest BCUT2D eigenvalue weighted by Gasteiger charge is -2.20. The topological polar surface area (TPSA) is 78.4 Å². The molecular formula is C20H20N4O2. The molecule has 0 bridgehead atoms. The molecule has 1 fully saturated rings. The van der Waals surface area contributed by atoms with E-state index < -0.39 is 0 Å². The van der Waals surface area contributed by atoms with Gasteiger partial charge in [-0.15, -0.1) is 0 Å². The lowest BCUT2D eigenvalue weighted by Crippen LogP contribution is -2.23. The van der Waals surface area contributed by atoms with Crippen LogP contribution in [-0.4, -0.2) is 34.1 Å². The molecule has 6 heteroatoms. The molecule has 0 aliphatic carbocycles.